The molecule has 11 nitrogen and oxygen atoms in total. The third-order valence-electron chi connectivity index (χ3n) is 4.11. The van der Waals surface area contributed by atoms with Gasteiger partial charge in [0, 0.05) is 28.6 Å². The summed E-state index contributed by atoms with van der Waals surface area (Å²) in [6, 6.07) is 9.72. The lowest BCUT2D eigenvalue weighted by molar-refractivity contribution is -0.118. The number of nitrogens with one attached hydrogen (secondary N) is 1. The number of anilines is 2. The largest absolute Gasteiger partial charge is 0.507 e. The quantitative estimate of drug-likeness (QED) is 0.262. The first-order valence-corrected chi connectivity index (χ1v) is 11.3. The second-order valence-corrected chi connectivity index (χ2v) is 9.15. The van der Waals surface area contributed by atoms with E-state index >= 15 is 0 Å². The number of carbonyl (C=O) groups excluding carboxylic acids is 1. The van der Waals surface area contributed by atoms with Crippen molar-refractivity contribution in [2.75, 3.05) is 17.7 Å². The van der Waals surface area contributed by atoms with Gasteiger partial charge >= 0.3 is 0 Å². The summed E-state index contributed by atoms with van der Waals surface area (Å²) in [5, 5.41) is 12.0. The van der Waals surface area contributed by atoms with Crippen LogP contribution in [0, 0.1) is 0 Å². The highest BCUT2D eigenvalue weighted by atomic mass is 32.2. The Bertz CT molecular complexity index is 1400. The van der Waals surface area contributed by atoms with Crippen LogP contribution in [0.2, 0.25) is 0 Å². The molecular weight excluding hydrogens is 452 g/mol. The van der Waals surface area contributed by atoms with Crippen molar-refractivity contribution in [1.82, 2.24) is 0 Å². The standard InChI is InChI=1S/C18H16N2O9S2/c19-10-2-1-3-11(6-10)29-9-17(22)20-14-4-5-16(31(26,27)28)13-7-12(30(23,24)25)8-15(21)18(13)14/h1-8,21H,9,19H2,(H,20,22)(H,23,24,25)(H,26,27,28). The van der Waals surface area contributed by atoms with Crippen molar-refractivity contribution in [3.05, 3.63) is 48.5 Å². The molecule has 13 heteroatoms. The Hall–Kier alpha value is -3.39. The molecule has 1 amide bonds. The zero-order valence-electron chi connectivity index (χ0n) is 15.5. The summed E-state index contributed by atoms with van der Waals surface area (Å²) in [5.41, 5.74) is 5.95. The van der Waals surface area contributed by atoms with Gasteiger partial charge in [0.1, 0.15) is 16.4 Å². The maximum absolute atomic E-state index is 12.3. The van der Waals surface area contributed by atoms with Gasteiger partial charge in [-0.3, -0.25) is 13.9 Å². The molecule has 31 heavy (non-hydrogen) atoms. The van der Waals surface area contributed by atoms with E-state index in [1.807, 2.05) is 0 Å². The number of fused-ring (bicyclic) bond motifs is 1. The van der Waals surface area contributed by atoms with E-state index in [9.17, 15) is 35.8 Å². The van der Waals surface area contributed by atoms with Crippen LogP contribution in [0.25, 0.3) is 10.8 Å². The van der Waals surface area contributed by atoms with Crippen LogP contribution in [0.4, 0.5) is 11.4 Å². The average Bonchev–Trinajstić information content (AvgIpc) is 2.64. The molecule has 0 radical (unpaired) electrons. The molecule has 0 atom stereocenters. The average molecular weight is 468 g/mol. The summed E-state index contributed by atoms with van der Waals surface area (Å²) >= 11 is 0. The highest BCUT2D eigenvalue weighted by Crippen LogP contribution is 2.38. The van der Waals surface area contributed by atoms with E-state index in [2.05, 4.69) is 5.32 Å². The predicted octanol–water partition coefficient (Wildman–Crippen LogP) is 1.64. The van der Waals surface area contributed by atoms with Crippen LogP contribution in [-0.4, -0.2) is 43.6 Å². The third-order valence-corrected chi connectivity index (χ3v) is 5.85. The summed E-state index contributed by atoms with van der Waals surface area (Å²) in [4.78, 5) is 10.7. The van der Waals surface area contributed by atoms with Gasteiger partial charge in [0.05, 0.1) is 10.6 Å². The summed E-state index contributed by atoms with van der Waals surface area (Å²) in [6.07, 6.45) is 0. The smallest absolute Gasteiger partial charge is 0.295 e. The van der Waals surface area contributed by atoms with Gasteiger partial charge in [-0.25, -0.2) is 0 Å². The van der Waals surface area contributed by atoms with E-state index in [0.29, 0.717) is 17.5 Å². The van der Waals surface area contributed by atoms with Gasteiger partial charge in [0.25, 0.3) is 26.1 Å². The summed E-state index contributed by atoms with van der Waals surface area (Å²) in [5.74, 6) is -1.13. The van der Waals surface area contributed by atoms with Crippen molar-refractivity contribution < 1.29 is 40.6 Å². The number of nitrogens with two attached hydrogens (primary N) is 1. The topological polar surface area (TPSA) is 193 Å². The van der Waals surface area contributed by atoms with E-state index in [1.54, 1.807) is 18.2 Å². The van der Waals surface area contributed by atoms with Gasteiger partial charge in [-0.1, -0.05) is 6.07 Å². The Balaban J connectivity index is 2.02. The van der Waals surface area contributed by atoms with Crippen molar-refractivity contribution in [2.45, 2.75) is 9.79 Å². The molecular formula is C18H16N2O9S2. The lowest BCUT2D eigenvalue weighted by Gasteiger charge is -2.14. The molecule has 3 aromatic carbocycles. The Morgan fingerprint density at radius 2 is 1.71 bits per heavy atom. The molecule has 164 valence electrons. The minimum Gasteiger partial charge on any atom is -0.507 e. The number of hydrogen-bond donors (Lipinski definition) is 5. The molecule has 0 unspecified atom stereocenters. The molecule has 0 fully saturated rings. The monoisotopic (exact) mass is 468 g/mol. The number of aromatic hydroxyl groups is 1. The molecule has 6 N–H and O–H groups in total. The number of hydrogen-bond acceptors (Lipinski definition) is 8. The maximum Gasteiger partial charge on any atom is 0.295 e. The molecule has 3 aromatic rings. The highest BCUT2D eigenvalue weighted by Gasteiger charge is 2.22. The van der Waals surface area contributed by atoms with Crippen LogP contribution in [0.5, 0.6) is 11.5 Å². The van der Waals surface area contributed by atoms with E-state index in [-0.39, 0.29) is 11.1 Å². The second-order valence-electron chi connectivity index (χ2n) is 6.34. The van der Waals surface area contributed by atoms with Crippen LogP contribution >= 0.6 is 0 Å². The number of ether oxygens (including phenoxy) is 1. The van der Waals surface area contributed by atoms with Crippen molar-refractivity contribution >= 4 is 48.3 Å². The number of phenols is 1. The number of benzene rings is 3. The van der Waals surface area contributed by atoms with Crippen LogP contribution in [-0.2, 0) is 25.0 Å². The molecule has 0 saturated carbocycles. The van der Waals surface area contributed by atoms with Crippen molar-refractivity contribution in [1.29, 1.82) is 0 Å². The first-order valence-electron chi connectivity index (χ1n) is 8.39. The fraction of sp³-hybridized carbons (Fsp3) is 0.0556. The lowest BCUT2D eigenvalue weighted by Crippen LogP contribution is -2.20. The summed E-state index contributed by atoms with van der Waals surface area (Å²) in [6.45, 7) is -0.463. The molecule has 0 aromatic heterocycles. The molecule has 0 saturated heterocycles. The number of nitrogen functional groups attached to an aromatic ring is 1. The molecule has 0 heterocycles. The Morgan fingerprint density at radius 1 is 1.00 bits per heavy atom. The molecule has 0 aliphatic carbocycles. The Labute approximate surface area is 176 Å². The Morgan fingerprint density at radius 3 is 2.32 bits per heavy atom. The lowest BCUT2D eigenvalue weighted by atomic mass is 10.1. The molecule has 0 spiro atoms. The third kappa shape index (κ3) is 5.03. The van der Waals surface area contributed by atoms with Gasteiger partial charge in [0.2, 0.25) is 0 Å². The molecule has 0 bridgehead atoms. The molecule has 0 aliphatic rings. The number of amides is 1. The van der Waals surface area contributed by atoms with Gasteiger partial charge in [-0.15, -0.1) is 0 Å². The first kappa shape index (κ1) is 22.3. The normalized spacial score (nSPS) is 11.9. The van der Waals surface area contributed by atoms with E-state index in [4.69, 9.17) is 10.5 Å². The minimum atomic E-state index is -4.84. The number of phenolic OH excluding ortho intramolecular Hbond substituents is 1. The van der Waals surface area contributed by atoms with Crippen molar-refractivity contribution in [3.8, 4) is 11.5 Å². The zero-order chi connectivity index (χ0) is 23.0. The van der Waals surface area contributed by atoms with Gasteiger partial charge in [-0.2, -0.15) is 16.8 Å². The van der Waals surface area contributed by atoms with Crippen LogP contribution in [0.15, 0.2) is 58.3 Å². The first-order chi connectivity index (χ1) is 14.4. The Kier molecular flexibility index (Phi) is 5.78. The van der Waals surface area contributed by atoms with Gasteiger partial charge < -0.3 is 20.9 Å². The zero-order valence-corrected chi connectivity index (χ0v) is 17.1. The predicted molar refractivity (Wildman–Crippen MR) is 110 cm³/mol. The van der Waals surface area contributed by atoms with Gasteiger partial charge in [-0.05, 0) is 30.3 Å². The second kappa shape index (κ2) is 8.03. The SMILES string of the molecule is Nc1cccc(OCC(=O)Nc2ccc(S(=O)(=O)O)c3cc(S(=O)(=O)O)cc(O)c23)c1. The summed E-state index contributed by atoms with van der Waals surface area (Å²) < 4.78 is 70.2. The summed E-state index contributed by atoms with van der Waals surface area (Å²) in [7, 11) is -9.65. The van der Waals surface area contributed by atoms with E-state index in [0.717, 1.165) is 18.2 Å². The van der Waals surface area contributed by atoms with Crippen LogP contribution in [0.3, 0.4) is 0 Å². The molecule has 0 aliphatic heterocycles. The van der Waals surface area contributed by atoms with Crippen LogP contribution in [0.1, 0.15) is 0 Å². The van der Waals surface area contributed by atoms with E-state index < -0.39 is 53.7 Å². The molecule has 3 rings (SSSR count). The fourth-order valence-electron chi connectivity index (χ4n) is 2.83. The van der Waals surface area contributed by atoms with Crippen molar-refractivity contribution in [3.63, 3.8) is 0 Å². The van der Waals surface area contributed by atoms with E-state index in [1.165, 1.54) is 6.07 Å². The van der Waals surface area contributed by atoms with Crippen molar-refractivity contribution in [2.24, 2.45) is 0 Å². The number of carbonyl (C=O) groups is 1. The maximum atomic E-state index is 12.3. The van der Waals surface area contributed by atoms with Crippen LogP contribution < -0.4 is 15.8 Å². The highest BCUT2D eigenvalue weighted by molar-refractivity contribution is 7.86. The van der Waals surface area contributed by atoms with Gasteiger partial charge in [0.15, 0.2) is 6.61 Å². The minimum absolute atomic E-state index is 0.0945. The fourth-order valence-corrected chi connectivity index (χ4v) is 4.03. The number of rotatable bonds is 6.